The van der Waals surface area contributed by atoms with Crippen molar-refractivity contribution in [2.75, 3.05) is 19.6 Å². The number of aromatic nitrogens is 4. The van der Waals surface area contributed by atoms with Gasteiger partial charge in [0.15, 0.2) is 11.8 Å². The number of hydrogen-bond acceptors (Lipinski definition) is 5. The van der Waals surface area contributed by atoms with Crippen LogP contribution in [0, 0.1) is 6.92 Å². The highest BCUT2D eigenvalue weighted by Gasteiger charge is 2.10. The van der Waals surface area contributed by atoms with Gasteiger partial charge < -0.3 is 20.1 Å². The number of pyridine rings is 1. The number of aliphatic imine (C=N–C) groups is 1. The number of para-hydroxylation sites is 1. The molecular weight excluding hydrogens is 517 g/mol. The van der Waals surface area contributed by atoms with Crippen molar-refractivity contribution in [3.63, 3.8) is 0 Å². The van der Waals surface area contributed by atoms with Crippen LogP contribution in [0.2, 0.25) is 0 Å². The van der Waals surface area contributed by atoms with E-state index in [0.29, 0.717) is 30.4 Å². The molecule has 3 heterocycles. The van der Waals surface area contributed by atoms with Gasteiger partial charge in [0.1, 0.15) is 5.69 Å². The van der Waals surface area contributed by atoms with Crippen molar-refractivity contribution in [2.45, 2.75) is 26.7 Å². The Morgan fingerprint density at radius 2 is 1.94 bits per heavy atom. The molecule has 32 heavy (non-hydrogen) atoms. The summed E-state index contributed by atoms with van der Waals surface area (Å²) in [6.07, 6.45) is 3.21. The number of aryl methyl sites for hydroxylation is 1. The standard InChI is InChI=1S/C23H27N7O.HI/c1-3-24-23(26-14-11-17-16(2)28-19-9-5-4-8-18(17)19)27-15-12-21-29-22(31-30-21)20-10-6-7-13-25-20;/h4-10,13,28H,3,11-12,14-15H2,1-2H3,(H2,24,26,27);1H. The fraction of sp³-hybridized carbons (Fsp3) is 0.304. The van der Waals surface area contributed by atoms with E-state index in [1.807, 2.05) is 18.2 Å². The van der Waals surface area contributed by atoms with Crippen molar-refractivity contribution in [1.82, 2.24) is 30.7 Å². The fourth-order valence-corrected chi connectivity index (χ4v) is 3.52. The SMILES string of the molecule is CCNC(=NCCc1noc(-c2ccccn2)n1)NCCc1c(C)[nH]c2ccccc12.I. The molecule has 3 aromatic heterocycles. The first-order chi connectivity index (χ1) is 15.2. The molecule has 168 valence electrons. The molecule has 3 N–H and O–H groups in total. The molecule has 0 atom stereocenters. The van der Waals surface area contributed by atoms with Gasteiger partial charge in [-0.3, -0.25) is 9.98 Å². The number of halogens is 1. The maximum absolute atomic E-state index is 5.30. The number of guanidine groups is 1. The zero-order chi connectivity index (χ0) is 21.5. The van der Waals surface area contributed by atoms with Crippen LogP contribution in [0.1, 0.15) is 24.0 Å². The van der Waals surface area contributed by atoms with E-state index < -0.39 is 0 Å². The third-order valence-corrected chi connectivity index (χ3v) is 5.00. The molecule has 0 saturated carbocycles. The number of nitrogens with one attached hydrogen (secondary N) is 3. The minimum atomic E-state index is 0. The number of rotatable bonds is 8. The second-order valence-electron chi connectivity index (χ2n) is 7.19. The summed E-state index contributed by atoms with van der Waals surface area (Å²) in [5.41, 5.74) is 4.41. The Morgan fingerprint density at radius 3 is 2.75 bits per heavy atom. The Hall–Kier alpha value is -2.95. The van der Waals surface area contributed by atoms with E-state index in [0.717, 1.165) is 25.5 Å². The second kappa shape index (κ2) is 11.6. The van der Waals surface area contributed by atoms with Gasteiger partial charge in [0, 0.05) is 48.8 Å². The Kier molecular flexibility index (Phi) is 8.60. The minimum Gasteiger partial charge on any atom is -0.358 e. The summed E-state index contributed by atoms with van der Waals surface area (Å²) in [6.45, 7) is 6.32. The van der Waals surface area contributed by atoms with Crippen LogP contribution in [0.15, 0.2) is 58.2 Å². The van der Waals surface area contributed by atoms with Gasteiger partial charge in [-0.1, -0.05) is 29.4 Å². The van der Waals surface area contributed by atoms with Crippen LogP contribution >= 0.6 is 24.0 Å². The summed E-state index contributed by atoms with van der Waals surface area (Å²) in [5, 5.41) is 12.0. The van der Waals surface area contributed by atoms with Gasteiger partial charge >= 0.3 is 0 Å². The maximum atomic E-state index is 5.30. The lowest BCUT2D eigenvalue weighted by Crippen LogP contribution is -2.38. The predicted molar refractivity (Wildman–Crippen MR) is 137 cm³/mol. The van der Waals surface area contributed by atoms with Crippen LogP contribution in [0.25, 0.3) is 22.5 Å². The zero-order valence-corrected chi connectivity index (χ0v) is 20.6. The lowest BCUT2D eigenvalue weighted by Gasteiger charge is -2.11. The van der Waals surface area contributed by atoms with Crippen LogP contribution in [0.5, 0.6) is 0 Å². The van der Waals surface area contributed by atoms with Crippen molar-refractivity contribution >= 4 is 40.8 Å². The highest BCUT2D eigenvalue weighted by atomic mass is 127. The van der Waals surface area contributed by atoms with Crippen molar-refractivity contribution in [3.8, 4) is 11.6 Å². The van der Waals surface area contributed by atoms with Crippen molar-refractivity contribution < 1.29 is 4.52 Å². The number of H-pyrrole nitrogens is 1. The molecule has 4 rings (SSSR count). The van der Waals surface area contributed by atoms with Crippen molar-refractivity contribution in [2.24, 2.45) is 4.99 Å². The highest BCUT2D eigenvalue weighted by Crippen LogP contribution is 2.21. The number of aromatic amines is 1. The summed E-state index contributed by atoms with van der Waals surface area (Å²) < 4.78 is 5.30. The average molecular weight is 545 g/mol. The van der Waals surface area contributed by atoms with Crippen molar-refractivity contribution in [3.05, 3.63) is 65.7 Å². The smallest absolute Gasteiger partial charge is 0.276 e. The molecule has 0 aliphatic carbocycles. The molecule has 0 amide bonds. The Labute approximate surface area is 204 Å². The number of fused-ring (bicyclic) bond motifs is 1. The normalized spacial score (nSPS) is 11.4. The van der Waals surface area contributed by atoms with Gasteiger partial charge in [0.2, 0.25) is 0 Å². The van der Waals surface area contributed by atoms with Crippen LogP contribution in [-0.2, 0) is 12.8 Å². The fourth-order valence-electron chi connectivity index (χ4n) is 3.52. The van der Waals surface area contributed by atoms with Crippen LogP contribution in [0.4, 0.5) is 0 Å². The van der Waals surface area contributed by atoms with Gasteiger partial charge in [-0.15, -0.1) is 24.0 Å². The Bertz CT molecular complexity index is 1150. The average Bonchev–Trinajstić information content (AvgIpc) is 3.39. The summed E-state index contributed by atoms with van der Waals surface area (Å²) in [5.74, 6) is 1.84. The lowest BCUT2D eigenvalue weighted by atomic mass is 10.1. The van der Waals surface area contributed by atoms with Gasteiger partial charge in [-0.2, -0.15) is 4.98 Å². The predicted octanol–water partition coefficient (Wildman–Crippen LogP) is 3.88. The van der Waals surface area contributed by atoms with Crippen LogP contribution in [-0.4, -0.2) is 45.7 Å². The molecular formula is C23H28IN7O. The highest BCUT2D eigenvalue weighted by molar-refractivity contribution is 14.0. The first-order valence-corrected chi connectivity index (χ1v) is 10.6. The molecule has 0 aliphatic heterocycles. The molecule has 4 aromatic rings. The molecule has 0 fully saturated rings. The summed E-state index contributed by atoms with van der Waals surface area (Å²) >= 11 is 0. The van der Waals surface area contributed by atoms with Crippen LogP contribution in [0.3, 0.4) is 0 Å². The second-order valence-corrected chi connectivity index (χ2v) is 7.19. The molecule has 8 nitrogen and oxygen atoms in total. The molecule has 1 aromatic carbocycles. The van der Waals surface area contributed by atoms with Crippen molar-refractivity contribution in [1.29, 1.82) is 0 Å². The summed E-state index contributed by atoms with van der Waals surface area (Å²) in [4.78, 5) is 16.7. The molecule has 0 unspecified atom stereocenters. The van der Waals surface area contributed by atoms with E-state index in [-0.39, 0.29) is 24.0 Å². The minimum absolute atomic E-state index is 0. The topological polar surface area (TPSA) is 104 Å². The third-order valence-electron chi connectivity index (χ3n) is 5.00. The van der Waals surface area contributed by atoms with Gasteiger partial charge in [-0.25, -0.2) is 0 Å². The Balaban J connectivity index is 0.00000289. The largest absolute Gasteiger partial charge is 0.358 e. The van der Waals surface area contributed by atoms with E-state index >= 15 is 0 Å². The quantitative estimate of drug-likeness (QED) is 0.177. The molecule has 0 saturated heterocycles. The van der Waals surface area contributed by atoms with E-state index in [1.54, 1.807) is 6.20 Å². The number of benzene rings is 1. The zero-order valence-electron chi connectivity index (χ0n) is 18.3. The Morgan fingerprint density at radius 1 is 1.09 bits per heavy atom. The van der Waals surface area contributed by atoms with E-state index in [9.17, 15) is 0 Å². The van der Waals surface area contributed by atoms with Crippen LogP contribution < -0.4 is 10.6 Å². The van der Waals surface area contributed by atoms with Gasteiger partial charge in [0.05, 0.1) is 0 Å². The summed E-state index contributed by atoms with van der Waals surface area (Å²) in [6, 6.07) is 14.0. The third kappa shape index (κ3) is 5.84. The number of hydrogen-bond donors (Lipinski definition) is 3. The van der Waals surface area contributed by atoms with E-state index in [4.69, 9.17) is 4.52 Å². The molecule has 0 bridgehead atoms. The van der Waals surface area contributed by atoms with Gasteiger partial charge in [0.25, 0.3) is 5.89 Å². The van der Waals surface area contributed by atoms with E-state index in [2.05, 4.69) is 73.8 Å². The monoisotopic (exact) mass is 545 g/mol. The molecule has 0 spiro atoms. The first kappa shape index (κ1) is 23.7. The van der Waals surface area contributed by atoms with E-state index in [1.165, 1.54) is 22.2 Å². The van der Waals surface area contributed by atoms with Gasteiger partial charge in [-0.05, 0) is 44.0 Å². The molecule has 9 heteroatoms. The number of nitrogens with zero attached hydrogens (tertiary/aromatic N) is 4. The molecule has 0 radical (unpaired) electrons. The first-order valence-electron chi connectivity index (χ1n) is 10.6. The lowest BCUT2D eigenvalue weighted by molar-refractivity contribution is 0.421. The molecule has 0 aliphatic rings. The maximum Gasteiger partial charge on any atom is 0.276 e. The summed E-state index contributed by atoms with van der Waals surface area (Å²) in [7, 11) is 0.